The molecule has 0 N–H and O–H groups in total. The minimum atomic E-state index is -0.322. The summed E-state index contributed by atoms with van der Waals surface area (Å²) in [6.07, 6.45) is 0. The van der Waals surface area contributed by atoms with E-state index in [9.17, 15) is 9.90 Å². The van der Waals surface area contributed by atoms with E-state index in [1.165, 1.54) is 7.05 Å². The fraction of sp³-hybridized carbons (Fsp3) is 0.0667. The molecule has 0 fully saturated rings. The van der Waals surface area contributed by atoms with Crippen molar-refractivity contribution in [3.8, 4) is 0 Å². The Bertz CT molecular complexity index is 588. The van der Waals surface area contributed by atoms with Crippen molar-refractivity contribution >= 4 is 11.7 Å². The first-order valence-electron chi connectivity index (χ1n) is 5.56. The van der Waals surface area contributed by atoms with Crippen molar-refractivity contribution in [3.63, 3.8) is 0 Å². The quantitative estimate of drug-likeness (QED) is 0.464. The Labute approximate surface area is 105 Å². The minimum Gasteiger partial charge on any atom is -0.859 e. The number of nitrogens with zero attached hydrogens (tertiary/aromatic N) is 1. The van der Waals surface area contributed by atoms with Crippen LogP contribution in [-0.4, -0.2) is 18.7 Å². The van der Waals surface area contributed by atoms with Gasteiger partial charge in [-0.25, -0.2) is 0 Å². The molecule has 0 atom stereocenters. The summed E-state index contributed by atoms with van der Waals surface area (Å²) in [4.78, 5) is 15.7. The van der Waals surface area contributed by atoms with Gasteiger partial charge in [-0.2, -0.15) is 0 Å². The molecular weight excluding hydrogens is 226 g/mol. The fourth-order valence-corrected chi connectivity index (χ4v) is 1.68. The van der Waals surface area contributed by atoms with Crippen LogP contribution in [-0.2, 0) is 0 Å². The summed E-state index contributed by atoms with van der Waals surface area (Å²) in [7, 11) is 1.44. The summed E-state index contributed by atoms with van der Waals surface area (Å²) in [5, 5.41) is 11.4. The first-order valence-corrected chi connectivity index (χ1v) is 5.56. The maximum absolute atomic E-state index is 12.2. The first-order chi connectivity index (χ1) is 8.72. The van der Waals surface area contributed by atoms with Crippen molar-refractivity contribution in [3.05, 3.63) is 71.3 Å². The molecule has 2 aromatic rings. The first kappa shape index (κ1) is 12.0. The zero-order chi connectivity index (χ0) is 13.0. The summed E-state index contributed by atoms with van der Waals surface area (Å²) in [5.41, 5.74) is 1.53. The van der Waals surface area contributed by atoms with Crippen molar-refractivity contribution in [2.75, 3.05) is 7.05 Å². The van der Waals surface area contributed by atoms with Crippen LogP contribution in [0.2, 0.25) is 0 Å². The standard InChI is InChI=1S/C15H13NO2/c1-16-15(18)13-9-5-8-12(10-13)14(17)11-6-3-2-4-7-11/h2-10H,1H3,(H,16,18)/p-1. The number of rotatable bonds is 3. The Balaban J connectivity index is 2.38. The van der Waals surface area contributed by atoms with Crippen molar-refractivity contribution < 1.29 is 9.90 Å². The van der Waals surface area contributed by atoms with Crippen LogP contribution in [0, 0.1) is 0 Å². The van der Waals surface area contributed by atoms with Crippen LogP contribution < -0.4 is 5.11 Å². The number of carbonyl (C=O) groups excluding carboxylic acids is 1. The lowest BCUT2D eigenvalue weighted by atomic mass is 10.0. The Kier molecular flexibility index (Phi) is 3.53. The van der Waals surface area contributed by atoms with Gasteiger partial charge in [0.15, 0.2) is 5.78 Å². The average Bonchev–Trinajstić information content (AvgIpc) is 2.46. The molecule has 3 heteroatoms. The highest BCUT2D eigenvalue weighted by Crippen LogP contribution is 2.11. The van der Waals surface area contributed by atoms with Gasteiger partial charge in [-0.1, -0.05) is 48.5 Å². The van der Waals surface area contributed by atoms with Gasteiger partial charge in [0.2, 0.25) is 0 Å². The molecule has 0 bridgehead atoms. The highest BCUT2D eigenvalue weighted by atomic mass is 16.3. The zero-order valence-corrected chi connectivity index (χ0v) is 9.96. The summed E-state index contributed by atoms with van der Waals surface area (Å²) in [6, 6.07) is 15.6. The summed E-state index contributed by atoms with van der Waals surface area (Å²) in [6.45, 7) is 0. The lowest BCUT2D eigenvalue weighted by Crippen LogP contribution is -2.19. The number of benzene rings is 2. The third-order valence-electron chi connectivity index (χ3n) is 2.61. The van der Waals surface area contributed by atoms with Gasteiger partial charge < -0.3 is 10.1 Å². The number of aliphatic imine (C=N–C) groups is 1. The van der Waals surface area contributed by atoms with Crippen molar-refractivity contribution in [1.82, 2.24) is 0 Å². The topological polar surface area (TPSA) is 52.5 Å². The molecule has 2 aromatic carbocycles. The highest BCUT2D eigenvalue weighted by Gasteiger charge is 2.08. The van der Waals surface area contributed by atoms with Gasteiger partial charge in [0.05, 0.1) is 0 Å². The number of carbonyl (C=O) groups is 1. The monoisotopic (exact) mass is 238 g/mol. The molecule has 0 spiro atoms. The van der Waals surface area contributed by atoms with E-state index in [1.807, 2.05) is 18.2 Å². The van der Waals surface area contributed by atoms with Crippen LogP contribution in [0.1, 0.15) is 21.5 Å². The predicted molar refractivity (Wildman–Crippen MR) is 68.8 cm³/mol. The molecule has 0 heterocycles. The van der Waals surface area contributed by atoms with Crippen LogP contribution >= 0.6 is 0 Å². The molecule has 0 saturated carbocycles. The Hall–Kier alpha value is -2.42. The van der Waals surface area contributed by atoms with E-state index in [2.05, 4.69) is 4.99 Å². The van der Waals surface area contributed by atoms with Crippen LogP contribution in [0.4, 0.5) is 0 Å². The fourth-order valence-electron chi connectivity index (χ4n) is 1.68. The third-order valence-corrected chi connectivity index (χ3v) is 2.61. The zero-order valence-electron chi connectivity index (χ0n) is 9.96. The molecule has 3 nitrogen and oxygen atoms in total. The molecule has 0 aliphatic carbocycles. The highest BCUT2D eigenvalue weighted by molar-refractivity contribution is 6.09. The largest absolute Gasteiger partial charge is 0.859 e. The molecule has 0 aliphatic heterocycles. The van der Waals surface area contributed by atoms with E-state index in [4.69, 9.17) is 0 Å². The molecule has 0 aromatic heterocycles. The minimum absolute atomic E-state index is 0.0960. The van der Waals surface area contributed by atoms with Gasteiger partial charge in [0.25, 0.3) is 0 Å². The third kappa shape index (κ3) is 2.46. The van der Waals surface area contributed by atoms with Gasteiger partial charge in [-0.3, -0.25) is 4.79 Å². The Morgan fingerprint density at radius 1 is 0.944 bits per heavy atom. The molecule has 0 radical (unpaired) electrons. The molecule has 18 heavy (non-hydrogen) atoms. The van der Waals surface area contributed by atoms with E-state index >= 15 is 0 Å². The van der Waals surface area contributed by atoms with Crippen molar-refractivity contribution in [2.24, 2.45) is 4.99 Å². The van der Waals surface area contributed by atoms with Gasteiger partial charge in [-0.15, -0.1) is 0 Å². The van der Waals surface area contributed by atoms with Crippen molar-refractivity contribution in [2.45, 2.75) is 0 Å². The summed E-state index contributed by atoms with van der Waals surface area (Å²) < 4.78 is 0. The number of ketones is 1. The van der Waals surface area contributed by atoms with Crippen LogP contribution in [0.15, 0.2) is 59.6 Å². The van der Waals surface area contributed by atoms with Crippen LogP contribution in [0.3, 0.4) is 0 Å². The van der Waals surface area contributed by atoms with E-state index in [-0.39, 0.29) is 11.7 Å². The lowest BCUT2D eigenvalue weighted by Gasteiger charge is -2.10. The van der Waals surface area contributed by atoms with Gasteiger partial charge in [0.1, 0.15) is 0 Å². The SMILES string of the molecule is CN=C([O-])c1cccc(C(=O)c2ccccc2)c1. The Morgan fingerprint density at radius 2 is 1.56 bits per heavy atom. The molecule has 0 saturated heterocycles. The lowest BCUT2D eigenvalue weighted by molar-refractivity contribution is -0.213. The second-order valence-corrected chi connectivity index (χ2v) is 3.80. The van der Waals surface area contributed by atoms with Crippen molar-refractivity contribution in [1.29, 1.82) is 0 Å². The maximum Gasteiger partial charge on any atom is 0.193 e. The molecule has 0 amide bonds. The Morgan fingerprint density at radius 3 is 2.22 bits per heavy atom. The van der Waals surface area contributed by atoms with E-state index in [1.54, 1.807) is 36.4 Å². The second-order valence-electron chi connectivity index (χ2n) is 3.80. The van der Waals surface area contributed by atoms with E-state index in [0.29, 0.717) is 16.7 Å². The van der Waals surface area contributed by atoms with E-state index in [0.717, 1.165) is 0 Å². The molecule has 0 aliphatic rings. The normalized spacial score (nSPS) is 11.3. The smallest absolute Gasteiger partial charge is 0.193 e. The van der Waals surface area contributed by atoms with Crippen LogP contribution in [0.25, 0.3) is 0 Å². The molecular formula is C15H12NO2-. The van der Waals surface area contributed by atoms with E-state index < -0.39 is 0 Å². The average molecular weight is 238 g/mol. The molecule has 90 valence electrons. The molecule has 0 unspecified atom stereocenters. The second kappa shape index (κ2) is 5.27. The van der Waals surface area contributed by atoms with Gasteiger partial charge in [0, 0.05) is 18.2 Å². The number of hydrogen-bond acceptors (Lipinski definition) is 3. The van der Waals surface area contributed by atoms with Gasteiger partial charge >= 0.3 is 0 Å². The molecule has 2 rings (SSSR count). The summed E-state index contributed by atoms with van der Waals surface area (Å²) in [5.74, 6) is -0.418. The maximum atomic E-state index is 12.2. The van der Waals surface area contributed by atoms with Crippen LogP contribution in [0.5, 0.6) is 0 Å². The predicted octanol–water partition coefficient (Wildman–Crippen LogP) is 1.65. The van der Waals surface area contributed by atoms with Gasteiger partial charge in [-0.05, 0) is 17.5 Å². The number of hydrogen-bond donors (Lipinski definition) is 0. The summed E-state index contributed by atoms with van der Waals surface area (Å²) >= 11 is 0.